The van der Waals surface area contributed by atoms with Crippen LogP contribution < -0.4 is 10.1 Å². The van der Waals surface area contributed by atoms with Crippen LogP contribution in [0.25, 0.3) is 11.4 Å². The Balaban J connectivity index is 2.10. The van der Waals surface area contributed by atoms with E-state index in [9.17, 15) is 4.39 Å². The van der Waals surface area contributed by atoms with Crippen LogP contribution in [-0.4, -0.2) is 23.6 Å². The number of nitrogens with zero attached hydrogens (tertiary/aromatic N) is 2. The standard InChI is InChI=1S/C16H18FN3O/c1-3-13-11-6-7-18-9-14(11)20-16(19-13)10-4-5-12(17)15(8-10)21-2/h4-5,8,18H,3,6-7,9H2,1-2H3. The van der Waals surface area contributed by atoms with Gasteiger partial charge in [-0.25, -0.2) is 14.4 Å². The zero-order chi connectivity index (χ0) is 14.8. The summed E-state index contributed by atoms with van der Waals surface area (Å²) >= 11 is 0. The van der Waals surface area contributed by atoms with E-state index in [1.165, 1.54) is 18.7 Å². The zero-order valence-corrected chi connectivity index (χ0v) is 12.2. The van der Waals surface area contributed by atoms with Crippen LogP contribution in [0.4, 0.5) is 4.39 Å². The average molecular weight is 287 g/mol. The molecule has 2 aromatic rings. The molecule has 2 heterocycles. The second-order valence-electron chi connectivity index (χ2n) is 5.05. The highest BCUT2D eigenvalue weighted by atomic mass is 19.1. The maximum absolute atomic E-state index is 13.5. The molecule has 0 atom stereocenters. The summed E-state index contributed by atoms with van der Waals surface area (Å²) < 4.78 is 18.6. The minimum Gasteiger partial charge on any atom is -0.494 e. The number of aromatic nitrogens is 2. The molecule has 0 bridgehead atoms. The van der Waals surface area contributed by atoms with E-state index < -0.39 is 0 Å². The van der Waals surface area contributed by atoms with E-state index in [0.29, 0.717) is 5.82 Å². The smallest absolute Gasteiger partial charge is 0.165 e. The van der Waals surface area contributed by atoms with E-state index in [-0.39, 0.29) is 11.6 Å². The van der Waals surface area contributed by atoms with Crippen LogP contribution in [0.15, 0.2) is 18.2 Å². The van der Waals surface area contributed by atoms with Gasteiger partial charge in [-0.05, 0) is 43.1 Å². The number of ether oxygens (including phenoxy) is 1. The maximum atomic E-state index is 13.5. The number of methoxy groups -OCH3 is 1. The second kappa shape index (κ2) is 5.77. The Hall–Kier alpha value is -2.01. The third-order valence-electron chi connectivity index (χ3n) is 3.77. The Morgan fingerprint density at radius 1 is 1.33 bits per heavy atom. The topological polar surface area (TPSA) is 47.0 Å². The fourth-order valence-corrected chi connectivity index (χ4v) is 2.66. The minimum atomic E-state index is -0.378. The molecule has 1 aliphatic rings. The Kier molecular flexibility index (Phi) is 3.84. The molecule has 1 aromatic carbocycles. The highest BCUT2D eigenvalue weighted by Crippen LogP contribution is 2.26. The Bertz CT molecular complexity index is 656. The SMILES string of the molecule is CCc1nc(-c2ccc(F)c(OC)c2)nc2c1CCNC2. The van der Waals surface area contributed by atoms with Crippen LogP contribution in [-0.2, 0) is 19.4 Å². The zero-order valence-electron chi connectivity index (χ0n) is 12.2. The van der Waals surface area contributed by atoms with Crippen molar-refractivity contribution in [3.63, 3.8) is 0 Å². The molecule has 0 saturated carbocycles. The van der Waals surface area contributed by atoms with Crippen molar-refractivity contribution in [1.82, 2.24) is 15.3 Å². The molecular formula is C16H18FN3O. The first kappa shape index (κ1) is 13.9. The van der Waals surface area contributed by atoms with Gasteiger partial charge in [0.25, 0.3) is 0 Å². The van der Waals surface area contributed by atoms with Crippen LogP contribution in [0.1, 0.15) is 23.9 Å². The lowest BCUT2D eigenvalue weighted by molar-refractivity contribution is 0.386. The third kappa shape index (κ3) is 2.61. The monoisotopic (exact) mass is 287 g/mol. The molecule has 4 nitrogen and oxygen atoms in total. The molecule has 0 spiro atoms. The Labute approximate surface area is 123 Å². The predicted molar refractivity (Wildman–Crippen MR) is 78.8 cm³/mol. The molecule has 3 rings (SSSR count). The molecule has 1 aliphatic heterocycles. The van der Waals surface area contributed by atoms with E-state index in [1.807, 2.05) is 0 Å². The van der Waals surface area contributed by atoms with Crippen molar-refractivity contribution in [3.05, 3.63) is 41.0 Å². The molecule has 5 heteroatoms. The summed E-state index contributed by atoms with van der Waals surface area (Å²) in [5.74, 6) is 0.467. The molecule has 1 aromatic heterocycles. The predicted octanol–water partition coefficient (Wildman–Crippen LogP) is 2.50. The summed E-state index contributed by atoms with van der Waals surface area (Å²) in [7, 11) is 1.46. The van der Waals surface area contributed by atoms with Gasteiger partial charge in [-0.3, -0.25) is 0 Å². The van der Waals surface area contributed by atoms with Crippen molar-refractivity contribution >= 4 is 0 Å². The van der Waals surface area contributed by atoms with E-state index in [4.69, 9.17) is 4.74 Å². The molecular weight excluding hydrogens is 269 g/mol. The number of aryl methyl sites for hydroxylation is 1. The lowest BCUT2D eigenvalue weighted by Gasteiger charge is -2.19. The van der Waals surface area contributed by atoms with Gasteiger partial charge >= 0.3 is 0 Å². The number of fused-ring (bicyclic) bond motifs is 1. The summed E-state index contributed by atoms with van der Waals surface area (Å²) in [6.45, 7) is 3.82. The van der Waals surface area contributed by atoms with Crippen LogP contribution in [0.5, 0.6) is 5.75 Å². The van der Waals surface area contributed by atoms with Crippen LogP contribution in [0.3, 0.4) is 0 Å². The van der Waals surface area contributed by atoms with Gasteiger partial charge in [-0.15, -0.1) is 0 Å². The van der Waals surface area contributed by atoms with Gasteiger partial charge in [0.05, 0.1) is 12.8 Å². The van der Waals surface area contributed by atoms with E-state index in [0.717, 1.165) is 42.9 Å². The summed E-state index contributed by atoms with van der Waals surface area (Å²) in [6.07, 6.45) is 1.84. The van der Waals surface area contributed by atoms with E-state index in [2.05, 4.69) is 22.2 Å². The lowest BCUT2D eigenvalue weighted by atomic mass is 10.0. The summed E-state index contributed by atoms with van der Waals surface area (Å²) in [5, 5.41) is 3.33. The second-order valence-corrected chi connectivity index (χ2v) is 5.05. The fourth-order valence-electron chi connectivity index (χ4n) is 2.66. The van der Waals surface area contributed by atoms with Gasteiger partial charge in [0.2, 0.25) is 0 Å². The minimum absolute atomic E-state index is 0.213. The molecule has 1 N–H and O–H groups in total. The van der Waals surface area contributed by atoms with Gasteiger partial charge in [0.1, 0.15) is 0 Å². The first-order chi connectivity index (χ1) is 10.2. The number of halogens is 1. The molecule has 0 fully saturated rings. The lowest BCUT2D eigenvalue weighted by Crippen LogP contribution is -2.26. The Morgan fingerprint density at radius 3 is 2.95 bits per heavy atom. The Morgan fingerprint density at radius 2 is 2.19 bits per heavy atom. The number of hydrogen-bond donors (Lipinski definition) is 1. The molecule has 0 saturated heterocycles. The average Bonchev–Trinajstić information content (AvgIpc) is 2.54. The van der Waals surface area contributed by atoms with Gasteiger partial charge in [0.15, 0.2) is 17.4 Å². The number of nitrogens with one attached hydrogen (secondary N) is 1. The van der Waals surface area contributed by atoms with E-state index >= 15 is 0 Å². The molecule has 0 aliphatic carbocycles. The highest BCUT2D eigenvalue weighted by molar-refractivity contribution is 5.58. The molecule has 110 valence electrons. The van der Waals surface area contributed by atoms with Gasteiger partial charge in [0, 0.05) is 17.8 Å². The number of rotatable bonds is 3. The van der Waals surface area contributed by atoms with Gasteiger partial charge in [-0.2, -0.15) is 0 Å². The van der Waals surface area contributed by atoms with Crippen molar-refractivity contribution in [2.75, 3.05) is 13.7 Å². The van der Waals surface area contributed by atoms with E-state index in [1.54, 1.807) is 12.1 Å². The third-order valence-corrected chi connectivity index (χ3v) is 3.77. The molecule has 21 heavy (non-hydrogen) atoms. The van der Waals surface area contributed by atoms with Crippen molar-refractivity contribution < 1.29 is 9.13 Å². The normalized spacial score (nSPS) is 13.9. The van der Waals surface area contributed by atoms with Crippen molar-refractivity contribution in [2.45, 2.75) is 26.3 Å². The van der Waals surface area contributed by atoms with Crippen molar-refractivity contribution in [3.8, 4) is 17.1 Å². The number of benzene rings is 1. The van der Waals surface area contributed by atoms with Gasteiger partial charge in [-0.1, -0.05) is 6.92 Å². The first-order valence-electron chi connectivity index (χ1n) is 7.16. The van der Waals surface area contributed by atoms with Crippen LogP contribution >= 0.6 is 0 Å². The molecule has 0 amide bonds. The maximum Gasteiger partial charge on any atom is 0.165 e. The van der Waals surface area contributed by atoms with Crippen molar-refractivity contribution in [1.29, 1.82) is 0 Å². The summed E-state index contributed by atoms with van der Waals surface area (Å²) in [5.41, 5.74) is 4.16. The van der Waals surface area contributed by atoms with Crippen LogP contribution in [0, 0.1) is 5.82 Å². The highest BCUT2D eigenvalue weighted by Gasteiger charge is 2.17. The number of hydrogen-bond acceptors (Lipinski definition) is 4. The van der Waals surface area contributed by atoms with Gasteiger partial charge < -0.3 is 10.1 Å². The summed E-state index contributed by atoms with van der Waals surface area (Å²) in [4.78, 5) is 9.31. The largest absolute Gasteiger partial charge is 0.494 e. The quantitative estimate of drug-likeness (QED) is 0.942. The van der Waals surface area contributed by atoms with Crippen LogP contribution in [0.2, 0.25) is 0 Å². The molecule has 0 unspecified atom stereocenters. The first-order valence-corrected chi connectivity index (χ1v) is 7.16. The fraction of sp³-hybridized carbons (Fsp3) is 0.375. The molecule has 0 radical (unpaired) electrons. The summed E-state index contributed by atoms with van der Waals surface area (Å²) in [6, 6.07) is 4.73. The van der Waals surface area contributed by atoms with Crippen molar-refractivity contribution in [2.24, 2.45) is 0 Å².